The Hall–Kier alpha value is -2.09. The Balaban J connectivity index is 2.08. The molecule has 0 aliphatic rings. The van der Waals surface area contributed by atoms with Gasteiger partial charge in [-0.2, -0.15) is 0 Å². The largest absolute Gasteiger partial charge is 0.346 e. The first-order chi connectivity index (χ1) is 10.0. The molecule has 21 heavy (non-hydrogen) atoms. The van der Waals surface area contributed by atoms with Crippen LogP contribution in [0.25, 0.3) is 0 Å². The van der Waals surface area contributed by atoms with E-state index < -0.39 is 0 Å². The Morgan fingerprint density at radius 2 is 1.71 bits per heavy atom. The molecular formula is C19H23NO. The highest BCUT2D eigenvalue weighted by atomic mass is 16.1. The molecule has 0 bridgehead atoms. The van der Waals surface area contributed by atoms with E-state index in [-0.39, 0.29) is 11.9 Å². The van der Waals surface area contributed by atoms with Gasteiger partial charge in [-0.25, -0.2) is 0 Å². The molecule has 2 aromatic carbocycles. The molecule has 0 aromatic heterocycles. The molecule has 0 saturated heterocycles. The van der Waals surface area contributed by atoms with Gasteiger partial charge >= 0.3 is 0 Å². The number of hydrogen-bond donors (Lipinski definition) is 1. The van der Waals surface area contributed by atoms with Crippen LogP contribution in [0, 0.1) is 13.8 Å². The van der Waals surface area contributed by atoms with Gasteiger partial charge in [-0.15, -0.1) is 0 Å². The number of carbonyl (C=O) groups excluding carboxylic acids is 1. The van der Waals surface area contributed by atoms with Gasteiger partial charge in [0, 0.05) is 5.56 Å². The van der Waals surface area contributed by atoms with Crippen LogP contribution in [-0.4, -0.2) is 5.91 Å². The van der Waals surface area contributed by atoms with Crippen molar-refractivity contribution in [2.75, 3.05) is 0 Å². The Labute approximate surface area is 127 Å². The monoisotopic (exact) mass is 281 g/mol. The number of amides is 1. The molecule has 1 amide bonds. The van der Waals surface area contributed by atoms with Gasteiger partial charge in [0.05, 0.1) is 6.04 Å². The van der Waals surface area contributed by atoms with E-state index in [1.807, 2.05) is 32.0 Å². The molecule has 0 unspecified atom stereocenters. The predicted molar refractivity (Wildman–Crippen MR) is 87.6 cm³/mol. The van der Waals surface area contributed by atoms with Crippen molar-refractivity contribution in [3.8, 4) is 0 Å². The normalized spacial score (nSPS) is 12.0. The second-order valence-electron chi connectivity index (χ2n) is 5.59. The molecule has 0 fully saturated rings. The summed E-state index contributed by atoms with van der Waals surface area (Å²) in [5.41, 5.74) is 5.50. The van der Waals surface area contributed by atoms with E-state index in [1.54, 1.807) is 0 Å². The maximum atomic E-state index is 12.3. The van der Waals surface area contributed by atoms with E-state index in [9.17, 15) is 4.79 Å². The molecule has 0 saturated carbocycles. The van der Waals surface area contributed by atoms with Crippen molar-refractivity contribution in [3.05, 3.63) is 70.3 Å². The van der Waals surface area contributed by atoms with Crippen molar-refractivity contribution in [1.82, 2.24) is 5.32 Å². The molecule has 0 radical (unpaired) electrons. The highest BCUT2D eigenvalue weighted by molar-refractivity contribution is 5.94. The van der Waals surface area contributed by atoms with E-state index in [0.717, 1.165) is 23.1 Å². The zero-order valence-corrected chi connectivity index (χ0v) is 13.2. The fourth-order valence-electron chi connectivity index (χ4n) is 2.29. The van der Waals surface area contributed by atoms with Crippen molar-refractivity contribution in [1.29, 1.82) is 0 Å². The van der Waals surface area contributed by atoms with Crippen LogP contribution in [-0.2, 0) is 6.42 Å². The summed E-state index contributed by atoms with van der Waals surface area (Å²) in [5, 5.41) is 3.06. The highest BCUT2D eigenvalue weighted by Crippen LogP contribution is 2.16. The van der Waals surface area contributed by atoms with Crippen molar-refractivity contribution in [2.24, 2.45) is 0 Å². The molecule has 1 N–H and O–H groups in total. The van der Waals surface area contributed by atoms with Gasteiger partial charge in [-0.05, 0) is 61.6 Å². The van der Waals surface area contributed by atoms with Crippen LogP contribution >= 0.6 is 0 Å². The minimum Gasteiger partial charge on any atom is -0.346 e. The Morgan fingerprint density at radius 3 is 2.29 bits per heavy atom. The third-order valence-electron chi connectivity index (χ3n) is 4.00. The summed E-state index contributed by atoms with van der Waals surface area (Å²) in [7, 11) is 0. The lowest BCUT2D eigenvalue weighted by Crippen LogP contribution is -2.26. The summed E-state index contributed by atoms with van der Waals surface area (Å²) in [4.78, 5) is 12.3. The molecule has 0 aliphatic heterocycles. The Bertz CT molecular complexity index is 629. The van der Waals surface area contributed by atoms with E-state index in [4.69, 9.17) is 0 Å². The fraction of sp³-hybridized carbons (Fsp3) is 0.316. The third kappa shape index (κ3) is 3.72. The van der Waals surface area contributed by atoms with Crippen LogP contribution in [0.15, 0.2) is 42.5 Å². The fourth-order valence-corrected chi connectivity index (χ4v) is 2.29. The average molecular weight is 281 g/mol. The number of benzene rings is 2. The Morgan fingerprint density at radius 1 is 1.05 bits per heavy atom. The van der Waals surface area contributed by atoms with E-state index in [1.165, 1.54) is 11.1 Å². The standard InChI is InChI=1S/C19H23NO/c1-5-16-7-10-17(11-8-16)15(4)20-19(21)18-9-6-13(2)14(3)12-18/h6-12,15H,5H2,1-4H3,(H,20,21)/t15-/m1/s1. The second-order valence-corrected chi connectivity index (χ2v) is 5.59. The molecule has 2 aromatic rings. The summed E-state index contributed by atoms with van der Waals surface area (Å²) in [6.45, 7) is 8.23. The van der Waals surface area contributed by atoms with E-state index >= 15 is 0 Å². The topological polar surface area (TPSA) is 29.1 Å². The maximum absolute atomic E-state index is 12.3. The number of carbonyl (C=O) groups is 1. The predicted octanol–water partition coefficient (Wildman–Crippen LogP) is 4.36. The molecule has 1 atom stereocenters. The van der Waals surface area contributed by atoms with Crippen LogP contribution in [0.2, 0.25) is 0 Å². The summed E-state index contributed by atoms with van der Waals surface area (Å²) in [6, 6.07) is 14.2. The van der Waals surface area contributed by atoms with Gasteiger partial charge in [0.1, 0.15) is 0 Å². The quantitative estimate of drug-likeness (QED) is 0.886. The van der Waals surface area contributed by atoms with Gasteiger partial charge in [-0.1, -0.05) is 37.3 Å². The zero-order valence-electron chi connectivity index (χ0n) is 13.2. The number of hydrogen-bond acceptors (Lipinski definition) is 1. The maximum Gasteiger partial charge on any atom is 0.251 e. The smallest absolute Gasteiger partial charge is 0.251 e. The van der Waals surface area contributed by atoms with Crippen molar-refractivity contribution >= 4 is 5.91 Å². The molecule has 2 nitrogen and oxygen atoms in total. The summed E-state index contributed by atoms with van der Waals surface area (Å²) in [5.74, 6) is -0.0230. The third-order valence-corrected chi connectivity index (χ3v) is 4.00. The summed E-state index contributed by atoms with van der Waals surface area (Å²) >= 11 is 0. The van der Waals surface area contributed by atoms with Crippen molar-refractivity contribution in [3.63, 3.8) is 0 Å². The van der Waals surface area contributed by atoms with Crippen LogP contribution in [0.4, 0.5) is 0 Å². The first-order valence-corrected chi connectivity index (χ1v) is 7.48. The Kier molecular flexibility index (Phi) is 4.79. The summed E-state index contributed by atoms with van der Waals surface area (Å²) in [6.07, 6.45) is 1.03. The molecule has 2 rings (SSSR count). The lowest BCUT2D eigenvalue weighted by molar-refractivity contribution is 0.0940. The summed E-state index contributed by atoms with van der Waals surface area (Å²) < 4.78 is 0. The van der Waals surface area contributed by atoms with E-state index in [0.29, 0.717) is 0 Å². The molecule has 0 heterocycles. The van der Waals surface area contributed by atoms with Crippen molar-refractivity contribution < 1.29 is 4.79 Å². The minimum absolute atomic E-state index is 0.00464. The molecule has 0 spiro atoms. The number of nitrogens with one attached hydrogen (secondary N) is 1. The van der Waals surface area contributed by atoms with Crippen LogP contribution in [0.1, 0.15) is 52.5 Å². The molecule has 110 valence electrons. The van der Waals surface area contributed by atoms with Gasteiger partial charge < -0.3 is 5.32 Å². The first kappa shape index (κ1) is 15.3. The first-order valence-electron chi connectivity index (χ1n) is 7.48. The van der Waals surface area contributed by atoms with E-state index in [2.05, 4.69) is 43.4 Å². The van der Waals surface area contributed by atoms with Crippen LogP contribution < -0.4 is 5.32 Å². The van der Waals surface area contributed by atoms with Crippen LogP contribution in [0.3, 0.4) is 0 Å². The average Bonchev–Trinajstić information content (AvgIpc) is 2.50. The lowest BCUT2D eigenvalue weighted by Gasteiger charge is -2.15. The minimum atomic E-state index is -0.0230. The van der Waals surface area contributed by atoms with Crippen LogP contribution in [0.5, 0.6) is 0 Å². The second kappa shape index (κ2) is 6.57. The van der Waals surface area contributed by atoms with Gasteiger partial charge in [0.2, 0.25) is 0 Å². The van der Waals surface area contributed by atoms with Gasteiger partial charge in [-0.3, -0.25) is 4.79 Å². The number of rotatable bonds is 4. The molecule has 0 aliphatic carbocycles. The molecular weight excluding hydrogens is 258 g/mol. The highest BCUT2D eigenvalue weighted by Gasteiger charge is 2.11. The van der Waals surface area contributed by atoms with Gasteiger partial charge in [0.25, 0.3) is 5.91 Å². The SMILES string of the molecule is CCc1ccc([C@@H](C)NC(=O)c2ccc(C)c(C)c2)cc1. The zero-order chi connectivity index (χ0) is 15.4. The number of aryl methyl sites for hydroxylation is 3. The van der Waals surface area contributed by atoms with Gasteiger partial charge in [0.15, 0.2) is 0 Å². The molecule has 2 heteroatoms. The van der Waals surface area contributed by atoms with Crippen molar-refractivity contribution in [2.45, 2.75) is 40.2 Å². The lowest BCUT2D eigenvalue weighted by atomic mass is 10.0.